The number of nitrogens with zero attached hydrogens (tertiary/aromatic N) is 1. The summed E-state index contributed by atoms with van der Waals surface area (Å²) in [6, 6.07) is 5.61. The van der Waals surface area contributed by atoms with Crippen LogP contribution in [0.3, 0.4) is 0 Å². The summed E-state index contributed by atoms with van der Waals surface area (Å²) in [7, 11) is 1.97. The number of carbonyl (C=O) groups is 1. The van der Waals surface area contributed by atoms with Gasteiger partial charge in [-0.15, -0.1) is 12.4 Å². The second kappa shape index (κ2) is 8.06. The van der Waals surface area contributed by atoms with Gasteiger partial charge in [0.25, 0.3) is 0 Å². The zero-order valence-electron chi connectivity index (χ0n) is 13.2. The fourth-order valence-corrected chi connectivity index (χ4v) is 4.12. The van der Waals surface area contributed by atoms with Gasteiger partial charge in [0.2, 0.25) is 5.91 Å². The fourth-order valence-electron chi connectivity index (χ4n) is 3.58. The van der Waals surface area contributed by atoms with Crippen LogP contribution in [0.5, 0.6) is 0 Å². The normalized spacial score (nSPS) is 26.6. The molecule has 3 nitrogen and oxygen atoms in total. The van der Waals surface area contributed by atoms with Gasteiger partial charge in [0.1, 0.15) is 0 Å². The van der Waals surface area contributed by atoms with Gasteiger partial charge in [0, 0.05) is 29.1 Å². The zero-order chi connectivity index (χ0) is 15.7. The number of rotatable bonds is 4. The Hall–Kier alpha value is -0.480. The Labute approximate surface area is 154 Å². The first-order valence-corrected chi connectivity index (χ1v) is 8.73. The molecule has 2 fully saturated rings. The highest BCUT2D eigenvalue weighted by Gasteiger charge is 2.46. The topological polar surface area (TPSA) is 32.3 Å². The van der Waals surface area contributed by atoms with Gasteiger partial charge >= 0.3 is 0 Å². The number of likely N-dealkylation sites (tertiary alicyclic amines) is 1. The van der Waals surface area contributed by atoms with Crippen molar-refractivity contribution < 1.29 is 4.79 Å². The van der Waals surface area contributed by atoms with Crippen LogP contribution in [-0.4, -0.2) is 37.5 Å². The molecule has 1 heterocycles. The van der Waals surface area contributed by atoms with Crippen LogP contribution in [0.25, 0.3) is 0 Å². The van der Waals surface area contributed by atoms with Crippen molar-refractivity contribution in [2.75, 3.05) is 26.7 Å². The van der Waals surface area contributed by atoms with Crippen molar-refractivity contribution in [3.8, 4) is 0 Å². The quantitative estimate of drug-likeness (QED) is 0.861. The van der Waals surface area contributed by atoms with Crippen molar-refractivity contribution in [1.29, 1.82) is 0 Å². The molecular formula is C17H23Cl3N2O. The smallest absolute Gasteiger partial charge is 0.226 e. The number of hydrogen-bond donors (Lipinski definition) is 1. The van der Waals surface area contributed by atoms with Gasteiger partial charge in [-0.1, -0.05) is 23.2 Å². The molecule has 1 saturated heterocycles. The van der Waals surface area contributed by atoms with E-state index in [2.05, 4.69) is 10.2 Å². The monoisotopic (exact) mass is 376 g/mol. The van der Waals surface area contributed by atoms with Crippen LogP contribution in [0.4, 0.5) is 0 Å². The molecule has 3 unspecified atom stereocenters. The van der Waals surface area contributed by atoms with Gasteiger partial charge in [-0.05, 0) is 68.5 Å². The first kappa shape index (κ1) is 18.9. The Bertz CT molecular complexity index is 545. The lowest BCUT2D eigenvalue weighted by Crippen LogP contribution is -2.43. The minimum Gasteiger partial charge on any atom is -0.342 e. The summed E-state index contributed by atoms with van der Waals surface area (Å²) in [4.78, 5) is 14.8. The molecule has 3 rings (SSSR count). The maximum Gasteiger partial charge on any atom is 0.226 e. The van der Waals surface area contributed by atoms with Crippen LogP contribution >= 0.6 is 35.6 Å². The molecule has 1 N–H and O–H groups in total. The fraction of sp³-hybridized carbons (Fsp3) is 0.588. The number of benzene rings is 1. The van der Waals surface area contributed by atoms with Crippen molar-refractivity contribution in [3.05, 3.63) is 33.8 Å². The van der Waals surface area contributed by atoms with E-state index >= 15 is 0 Å². The summed E-state index contributed by atoms with van der Waals surface area (Å²) in [5.41, 5.74) is 1.10. The molecule has 0 radical (unpaired) electrons. The Morgan fingerprint density at radius 1 is 1.30 bits per heavy atom. The Morgan fingerprint density at radius 2 is 2.00 bits per heavy atom. The van der Waals surface area contributed by atoms with Crippen molar-refractivity contribution in [1.82, 2.24) is 10.2 Å². The molecule has 1 aromatic carbocycles. The molecule has 0 bridgehead atoms. The number of halogens is 3. The highest BCUT2D eigenvalue weighted by atomic mass is 35.5. The summed E-state index contributed by atoms with van der Waals surface area (Å²) in [5, 5.41) is 4.51. The standard InChI is InChI=1S/C17H22Cl2N2O.ClH/c1-20-9-11-3-2-4-21(10-11)17(22)16-8-15(16)12-5-13(18)7-14(19)6-12;/h5-7,11,15-16,20H,2-4,8-10H2,1H3;1H. The summed E-state index contributed by atoms with van der Waals surface area (Å²) >= 11 is 12.1. The molecule has 1 aliphatic carbocycles. The van der Waals surface area contributed by atoms with E-state index in [0.29, 0.717) is 21.9 Å². The number of carbonyl (C=O) groups excluding carboxylic acids is 1. The van der Waals surface area contributed by atoms with E-state index in [1.807, 2.05) is 19.2 Å². The minimum absolute atomic E-state index is 0. The van der Waals surface area contributed by atoms with Gasteiger partial charge in [-0.25, -0.2) is 0 Å². The molecule has 1 aliphatic heterocycles. The van der Waals surface area contributed by atoms with E-state index in [-0.39, 0.29) is 24.2 Å². The summed E-state index contributed by atoms with van der Waals surface area (Å²) < 4.78 is 0. The van der Waals surface area contributed by atoms with Crippen LogP contribution in [0.15, 0.2) is 18.2 Å². The third-order valence-corrected chi connectivity index (χ3v) is 5.18. The zero-order valence-corrected chi connectivity index (χ0v) is 15.6. The summed E-state index contributed by atoms with van der Waals surface area (Å²) in [6.07, 6.45) is 3.24. The molecule has 1 aromatic rings. The average molecular weight is 378 g/mol. The van der Waals surface area contributed by atoms with Gasteiger partial charge in [-0.2, -0.15) is 0 Å². The minimum atomic E-state index is 0. The highest BCUT2D eigenvalue weighted by molar-refractivity contribution is 6.34. The molecule has 23 heavy (non-hydrogen) atoms. The van der Waals surface area contributed by atoms with Crippen molar-refractivity contribution in [3.63, 3.8) is 0 Å². The lowest BCUT2D eigenvalue weighted by Gasteiger charge is -2.33. The second-order valence-corrected chi connectivity index (χ2v) is 7.37. The van der Waals surface area contributed by atoms with Crippen LogP contribution in [0, 0.1) is 11.8 Å². The average Bonchev–Trinajstić information content (AvgIpc) is 3.26. The molecular weight excluding hydrogens is 355 g/mol. The first-order valence-electron chi connectivity index (χ1n) is 7.98. The maximum atomic E-state index is 12.7. The second-order valence-electron chi connectivity index (χ2n) is 6.50. The summed E-state index contributed by atoms with van der Waals surface area (Å²) in [5.74, 6) is 1.29. The summed E-state index contributed by atoms with van der Waals surface area (Å²) in [6.45, 7) is 2.78. The van der Waals surface area contributed by atoms with Gasteiger partial charge < -0.3 is 10.2 Å². The van der Waals surface area contributed by atoms with Crippen LogP contribution in [-0.2, 0) is 4.79 Å². The molecule has 6 heteroatoms. The van der Waals surface area contributed by atoms with Gasteiger partial charge in [0.15, 0.2) is 0 Å². The van der Waals surface area contributed by atoms with Crippen molar-refractivity contribution in [2.24, 2.45) is 11.8 Å². The van der Waals surface area contributed by atoms with E-state index in [1.54, 1.807) is 6.07 Å². The maximum absolute atomic E-state index is 12.7. The third kappa shape index (κ3) is 4.54. The van der Waals surface area contributed by atoms with Crippen LogP contribution in [0.2, 0.25) is 10.0 Å². The van der Waals surface area contributed by atoms with Crippen LogP contribution < -0.4 is 5.32 Å². The predicted octanol–water partition coefficient (Wildman–Crippen LogP) is 3.98. The molecule has 0 spiro atoms. The lowest BCUT2D eigenvalue weighted by atomic mass is 9.97. The first-order chi connectivity index (χ1) is 10.6. The molecule has 2 aliphatic rings. The number of piperidine rings is 1. The van der Waals surface area contributed by atoms with Crippen molar-refractivity contribution in [2.45, 2.75) is 25.2 Å². The Morgan fingerprint density at radius 3 is 2.65 bits per heavy atom. The SMILES string of the molecule is CNCC1CCCN(C(=O)C2CC2c2cc(Cl)cc(Cl)c2)C1.Cl. The lowest BCUT2D eigenvalue weighted by molar-refractivity contribution is -0.134. The Balaban J connectivity index is 0.00000192. The molecule has 1 saturated carbocycles. The van der Waals surface area contributed by atoms with E-state index in [0.717, 1.165) is 38.0 Å². The van der Waals surface area contributed by atoms with E-state index in [9.17, 15) is 4.79 Å². The third-order valence-electron chi connectivity index (χ3n) is 4.74. The molecule has 3 atom stereocenters. The molecule has 0 aromatic heterocycles. The highest BCUT2D eigenvalue weighted by Crippen LogP contribution is 2.49. The van der Waals surface area contributed by atoms with Crippen LogP contribution in [0.1, 0.15) is 30.7 Å². The Kier molecular flexibility index (Phi) is 6.61. The van der Waals surface area contributed by atoms with E-state index in [1.165, 1.54) is 6.42 Å². The number of hydrogen-bond acceptors (Lipinski definition) is 2. The van der Waals surface area contributed by atoms with Crippen molar-refractivity contribution >= 4 is 41.5 Å². The molecule has 128 valence electrons. The predicted molar refractivity (Wildman–Crippen MR) is 97.8 cm³/mol. The van der Waals surface area contributed by atoms with E-state index < -0.39 is 0 Å². The molecule has 1 amide bonds. The van der Waals surface area contributed by atoms with Gasteiger partial charge in [-0.3, -0.25) is 4.79 Å². The van der Waals surface area contributed by atoms with Gasteiger partial charge in [0.05, 0.1) is 0 Å². The van der Waals surface area contributed by atoms with E-state index in [4.69, 9.17) is 23.2 Å². The number of amides is 1. The largest absolute Gasteiger partial charge is 0.342 e. The number of nitrogens with one attached hydrogen (secondary N) is 1.